The predicted octanol–water partition coefficient (Wildman–Crippen LogP) is 4.73. The van der Waals surface area contributed by atoms with Crippen molar-refractivity contribution in [2.75, 3.05) is 5.73 Å². The van der Waals surface area contributed by atoms with Crippen molar-refractivity contribution in [3.8, 4) is 33.9 Å². The third-order valence-electron chi connectivity index (χ3n) is 5.79. The molecule has 4 N–H and O–H groups in total. The summed E-state index contributed by atoms with van der Waals surface area (Å²) in [5, 5.41) is 7.54. The average Bonchev–Trinajstić information content (AvgIpc) is 3.47. The van der Waals surface area contributed by atoms with E-state index in [9.17, 15) is 0 Å². The van der Waals surface area contributed by atoms with Gasteiger partial charge >= 0.3 is 0 Å². The fourth-order valence-electron chi connectivity index (χ4n) is 4.13. The van der Waals surface area contributed by atoms with Gasteiger partial charge in [0, 0.05) is 41.5 Å². The second kappa shape index (κ2) is 7.73. The summed E-state index contributed by atoms with van der Waals surface area (Å²) in [4.78, 5) is 26.2. The van der Waals surface area contributed by atoms with E-state index in [0.29, 0.717) is 28.4 Å². The molecule has 6 heterocycles. The SMILES string of the molecule is CC(C)c1ncc(-c2ccc3[nH]nc(-c4nc5nccc(-c6cccnc6)c5[nH]4)c3n2)cc1N. The molecule has 0 saturated heterocycles. The lowest BCUT2D eigenvalue weighted by Crippen LogP contribution is -2.00. The molecule has 0 aliphatic rings. The number of hydrogen-bond acceptors (Lipinski definition) is 7. The molecule has 166 valence electrons. The molecule has 6 aromatic heterocycles. The number of hydrogen-bond donors (Lipinski definition) is 3. The third kappa shape index (κ3) is 3.25. The van der Waals surface area contributed by atoms with Crippen molar-refractivity contribution >= 4 is 27.9 Å². The van der Waals surface area contributed by atoms with Crippen LogP contribution in [0.2, 0.25) is 0 Å². The number of H-pyrrole nitrogens is 2. The first-order valence-electron chi connectivity index (χ1n) is 10.9. The van der Waals surface area contributed by atoms with Gasteiger partial charge in [0.2, 0.25) is 0 Å². The van der Waals surface area contributed by atoms with E-state index in [-0.39, 0.29) is 5.92 Å². The van der Waals surface area contributed by atoms with Gasteiger partial charge in [-0.25, -0.2) is 15.0 Å². The summed E-state index contributed by atoms with van der Waals surface area (Å²) in [5.74, 6) is 0.839. The zero-order valence-electron chi connectivity index (χ0n) is 18.6. The topological polar surface area (TPSA) is 135 Å². The van der Waals surface area contributed by atoms with Gasteiger partial charge in [0.05, 0.1) is 28.1 Å². The molecule has 0 amide bonds. The van der Waals surface area contributed by atoms with E-state index in [0.717, 1.165) is 39.1 Å². The van der Waals surface area contributed by atoms with Crippen LogP contribution in [0.5, 0.6) is 0 Å². The van der Waals surface area contributed by atoms with Gasteiger partial charge in [-0.2, -0.15) is 5.10 Å². The minimum absolute atomic E-state index is 0.253. The Bertz CT molecular complexity index is 1650. The summed E-state index contributed by atoms with van der Waals surface area (Å²) in [6.45, 7) is 4.14. The van der Waals surface area contributed by atoms with Crippen LogP contribution >= 0.6 is 0 Å². The van der Waals surface area contributed by atoms with Crippen LogP contribution in [0, 0.1) is 0 Å². The minimum Gasteiger partial charge on any atom is -0.397 e. The monoisotopic (exact) mass is 447 g/mol. The summed E-state index contributed by atoms with van der Waals surface area (Å²) >= 11 is 0. The highest BCUT2D eigenvalue weighted by Gasteiger charge is 2.18. The minimum atomic E-state index is 0.253. The van der Waals surface area contributed by atoms with E-state index in [4.69, 9.17) is 15.7 Å². The number of nitrogens with zero attached hydrogens (tertiary/aromatic N) is 6. The van der Waals surface area contributed by atoms with Crippen molar-refractivity contribution < 1.29 is 0 Å². The first-order valence-corrected chi connectivity index (χ1v) is 10.9. The Balaban J connectivity index is 1.47. The standard InChI is InChI=1S/C25H21N9/c1-13(2)20-17(26)10-15(12-29-20)18-5-6-19-22(30-18)23(34-33-19)25-31-21-16(7-9-28-24(21)32-25)14-4-3-8-27-11-14/h3-13H,26H2,1-2H3,(H,33,34)(H,28,31,32). The number of aromatic nitrogens is 8. The van der Waals surface area contributed by atoms with E-state index >= 15 is 0 Å². The van der Waals surface area contributed by atoms with Gasteiger partial charge in [-0.15, -0.1) is 0 Å². The fourth-order valence-corrected chi connectivity index (χ4v) is 4.13. The third-order valence-corrected chi connectivity index (χ3v) is 5.79. The summed E-state index contributed by atoms with van der Waals surface area (Å²) in [7, 11) is 0. The van der Waals surface area contributed by atoms with E-state index in [1.54, 1.807) is 12.4 Å². The smallest absolute Gasteiger partial charge is 0.178 e. The Morgan fingerprint density at radius 1 is 0.941 bits per heavy atom. The second-order valence-corrected chi connectivity index (χ2v) is 8.40. The normalized spacial score (nSPS) is 11.6. The summed E-state index contributed by atoms with van der Waals surface area (Å²) < 4.78 is 0. The van der Waals surface area contributed by atoms with Crippen molar-refractivity contribution in [2.45, 2.75) is 19.8 Å². The molecule has 0 radical (unpaired) electrons. The van der Waals surface area contributed by atoms with Crippen LogP contribution in [0.1, 0.15) is 25.5 Å². The molecule has 0 atom stereocenters. The Morgan fingerprint density at radius 3 is 2.65 bits per heavy atom. The Morgan fingerprint density at radius 2 is 1.85 bits per heavy atom. The Labute approximate surface area is 194 Å². The second-order valence-electron chi connectivity index (χ2n) is 8.40. The maximum absolute atomic E-state index is 6.24. The van der Waals surface area contributed by atoms with Gasteiger partial charge in [0.25, 0.3) is 0 Å². The number of anilines is 1. The molecular formula is C25H21N9. The molecule has 0 unspecified atom stereocenters. The first-order chi connectivity index (χ1) is 16.6. The van der Waals surface area contributed by atoms with Crippen molar-refractivity contribution in [2.24, 2.45) is 0 Å². The maximum Gasteiger partial charge on any atom is 0.178 e. The van der Waals surface area contributed by atoms with Gasteiger partial charge in [-0.05, 0) is 36.2 Å². The maximum atomic E-state index is 6.24. The van der Waals surface area contributed by atoms with Crippen molar-refractivity contribution in [3.63, 3.8) is 0 Å². The Kier molecular flexibility index (Phi) is 4.54. The summed E-state index contributed by atoms with van der Waals surface area (Å²) in [6.07, 6.45) is 7.12. The lowest BCUT2D eigenvalue weighted by molar-refractivity contribution is 0.827. The number of rotatable bonds is 4. The molecule has 0 spiro atoms. The van der Waals surface area contributed by atoms with Gasteiger partial charge < -0.3 is 10.7 Å². The molecule has 0 aromatic carbocycles. The van der Waals surface area contributed by atoms with E-state index in [1.807, 2.05) is 48.8 Å². The molecule has 6 aromatic rings. The molecule has 0 bridgehead atoms. The van der Waals surface area contributed by atoms with Crippen LogP contribution in [0.3, 0.4) is 0 Å². The summed E-state index contributed by atoms with van der Waals surface area (Å²) in [5.41, 5.74) is 14.9. The van der Waals surface area contributed by atoms with Crippen LogP contribution in [0.25, 0.3) is 56.1 Å². The average molecular weight is 448 g/mol. The molecule has 9 heteroatoms. The number of imidazole rings is 1. The quantitative estimate of drug-likeness (QED) is 0.356. The lowest BCUT2D eigenvalue weighted by atomic mass is 10.1. The van der Waals surface area contributed by atoms with Crippen molar-refractivity contribution in [1.82, 2.24) is 40.1 Å². The largest absolute Gasteiger partial charge is 0.397 e. The Hall–Kier alpha value is -4.66. The van der Waals surface area contributed by atoms with Gasteiger partial charge in [-0.3, -0.25) is 15.1 Å². The highest BCUT2D eigenvalue weighted by molar-refractivity contribution is 5.94. The number of pyridine rings is 4. The molecule has 0 aliphatic carbocycles. The zero-order valence-corrected chi connectivity index (χ0v) is 18.6. The predicted molar refractivity (Wildman–Crippen MR) is 132 cm³/mol. The van der Waals surface area contributed by atoms with E-state index in [2.05, 4.69) is 44.0 Å². The molecular weight excluding hydrogens is 426 g/mol. The summed E-state index contributed by atoms with van der Waals surface area (Å²) in [6, 6.07) is 11.6. The van der Waals surface area contributed by atoms with Crippen LogP contribution in [-0.2, 0) is 0 Å². The number of nitrogens with one attached hydrogen (secondary N) is 2. The fraction of sp³-hybridized carbons (Fsp3) is 0.120. The number of aromatic amines is 2. The molecule has 34 heavy (non-hydrogen) atoms. The highest BCUT2D eigenvalue weighted by Crippen LogP contribution is 2.31. The van der Waals surface area contributed by atoms with Crippen LogP contribution < -0.4 is 5.73 Å². The highest BCUT2D eigenvalue weighted by atomic mass is 15.2. The van der Waals surface area contributed by atoms with Gasteiger partial charge in [-0.1, -0.05) is 19.9 Å². The van der Waals surface area contributed by atoms with E-state index in [1.165, 1.54) is 0 Å². The van der Waals surface area contributed by atoms with Crippen molar-refractivity contribution in [1.29, 1.82) is 0 Å². The van der Waals surface area contributed by atoms with Gasteiger partial charge in [0.15, 0.2) is 17.2 Å². The van der Waals surface area contributed by atoms with Crippen LogP contribution in [-0.4, -0.2) is 40.1 Å². The van der Waals surface area contributed by atoms with Gasteiger partial charge in [0.1, 0.15) is 5.52 Å². The first kappa shape index (κ1) is 20.0. The van der Waals surface area contributed by atoms with Crippen molar-refractivity contribution in [3.05, 3.63) is 66.9 Å². The number of nitrogens with two attached hydrogens (primary N) is 1. The lowest BCUT2D eigenvalue weighted by Gasteiger charge is -2.09. The molecule has 0 saturated carbocycles. The number of nitrogen functional groups attached to an aromatic ring is 1. The molecule has 0 aliphatic heterocycles. The molecule has 0 fully saturated rings. The molecule has 9 nitrogen and oxygen atoms in total. The van der Waals surface area contributed by atoms with Crippen LogP contribution in [0.15, 0.2) is 61.2 Å². The molecule has 6 rings (SSSR count). The number of fused-ring (bicyclic) bond motifs is 2. The zero-order chi connectivity index (χ0) is 23.2. The van der Waals surface area contributed by atoms with Crippen LogP contribution in [0.4, 0.5) is 5.69 Å². The van der Waals surface area contributed by atoms with E-state index < -0.39 is 0 Å².